The van der Waals surface area contributed by atoms with Crippen molar-refractivity contribution in [1.29, 1.82) is 0 Å². The molecule has 0 saturated carbocycles. The van der Waals surface area contributed by atoms with Gasteiger partial charge in [-0.3, -0.25) is 0 Å². The fourth-order valence-corrected chi connectivity index (χ4v) is 0. The van der Waals surface area contributed by atoms with Crippen molar-refractivity contribution in [3.8, 4) is 0 Å². The zero-order valence-corrected chi connectivity index (χ0v) is 12.5. The molecule has 0 saturated heterocycles. The molecule has 106 valence electrons. The first-order valence-electron chi connectivity index (χ1n) is 2.15. The van der Waals surface area contributed by atoms with Crippen LogP contribution in [0.2, 0.25) is 0 Å². The van der Waals surface area contributed by atoms with Gasteiger partial charge in [0.1, 0.15) is 23.7 Å². The van der Waals surface area contributed by atoms with Gasteiger partial charge in [0.2, 0.25) is 0 Å². The van der Waals surface area contributed by atoms with Crippen molar-refractivity contribution in [3.05, 3.63) is 0 Å². The van der Waals surface area contributed by atoms with Crippen LogP contribution >= 0.6 is 23.7 Å². The zero-order chi connectivity index (χ0) is 13.5. The average Bonchev–Trinajstić information content (AvgIpc) is 1.41. The molecule has 0 heterocycles. The van der Waals surface area contributed by atoms with Gasteiger partial charge in [-0.15, -0.1) is 0 Å². The normalized spacial score (nSPS) is 10.4. The first-order valence-corrected chi connectivity index (χ1v) is 6.45. The van der Waals surface area contributed by atoms with Crippen molar-refractivity contribution in [2.75, 3.05) is 0 Å². The van der Waals surface area contributed by atoms with Crippen molar-refractivity contribution in [3.63, 3.8) is 0 Å². The Morgan fingerprint density at radius 2 is 0.529 bits per heavy atom. The van der Waals surface area contributed by atoms with E-state index in [2.05, 4.69) is 0 Å². The molecule has 0 aliphatic carbocycles. The van der Waals surface area contributed by atoms with Crippen LogP contribution in [0, 0.1) is 0 Å². The van der Waals surface area contributed by atoms with E-state index in [4.69, 9.17) is 43.1 Å². The van der Waals surface area contributed by atoms with E-state index in [0.717, 1.165) is 0 Å². The van der Waals surface area contributed by atoms with E-state index in [9.17, 15) is 12.6 Å². The molecule has 0 aromatic carbocycles. The Bertz CT molecular complexity index is 216. The van der Waals surface area contributed by atoms with Gasteiger partial charge in [-0.1, -0.05) is 0 Å². The van der Waals surface area contributed by atoms with Crippen LogP contribution in [0.4, 0.5) is 12.6 Å². The Labute approximate surface area is 116 Å². The smallest absolute Gasteiger partial charge is 0.110 e. The fourth-order valence-electron chi connectivity index (χ4n) is 0. The molecule has 0 atom stereocenters. The second-order valence-electron chi connectivity index (χ2n) is 1.29. The monoisotopic (exact) mass is 396 g/mol. The predicted octanol–water partition coefficient (Wildman–Crippen LogP) is -3.65. The molecule has 0 rings (SSSR count). The summed E-state index contributed by atoms with van der Waals surface area (Å²) in [4.78, 5) is 50.6. The van der Waals surface area contributed by atoms with Gasteiger partial charge in [0, 0.05) is 37.1 Å². The van der Waals surface area contributed by atoms with E-state index < -0.39 is 23.7 Å². The average molecular weight is 396 g/mol. The standard InChI is InChI=1S/3FH2O3P.2V/c3*1-5(2,3)4;;/h3*(H2,2,3,4);;/p-6. The van der Waals surface area contributed by atoms with Crippen LogP contribution in [0.1, 0.15) is 0 Å². The second-order valence-corrected chi connectivity index (χ2v) is 3.88. The van der Waals surface area contributed by atoms with E-state index in [0.29, 0.717) is 0 Å². The third-order valence-electron chi connectivity index (χ3n) is 0. The van der Waals surface area contributed by atoms with E-state index in [1.54, 1.807) is 0 Å². The van der Waals surface area contributed by atoms with E-state index in [1.807, 2.05) is 0 Å². The summed E-state index contributed by atoms with van der Waals surface area (Å²) in [6.45, 7) is 0. The summed E-state index contributed by atoms with van der Waals surface area (Å²) in [6.07, 6.45) is 0. The van der Waals surface area contributed by atoms with Crippen molar-refractivity contribution >= 4 is 23.7 Å². The summed E-state index contributed by atoms with van der Waals surface area (Å²) in [6, 6.07) is 0. The number of rotatable bonds is 0. The van der Waals surface area contributed by atoms with Gasteiger partial charge >= 0.3 is 0 Å². The van der Waals surface area contributed by atoms with Crippen LogP contribution < -0.4 is 29.4 Å². The molecule has 0 spiro atoms. The van der Waals surface area contributed by atoms with Crippen LogP contribution in [-0.4, -0.2) is 0 Å². The van der Waals surface area contributed by atoms with Crippen LogP contribution in [0.5, 0.6) is 0 Å². The Hall–Kier alpha value is 1.41. The Morgan fingerprint density at radius 1 is 0.529 bits per heavy atom. The molecule has 0 bridgehead atoms. The minimum atomic E-state index is -5.64. The summed E-state index contributed by atoms with van der Waals surface area (Å²) >= 11 is 0. The molecule has 9 nitrogen and oxygen atoms in total. The largest absolute Gasteiger partial charge is 0.786 e. The zero-order valence-electron chi connectivity index (χ0n) is 7.04. The first-order chi connectivity index (χ1) is 6.00. The van der Waals surface area contributed by atoms with Gasteiger partial charge in [-0.25, -0.2) is 12.6 Å². The maximum absolute atomic E-state index is 10.1. The second kappa shape index (κ2) is 12.4. The van der Waals surface area contributed by atoms with Crippen molar-refractivity contribution in [1.82, 2.24) is 0 Å². The first kappa shape index (κ1) is 31.0. The Kier molecular flexibility index (Phi) is 22.7. The summed E-state index contributed by atoms with van der Waals surface area (Å²) in [5, 5.41) is 0. The van der Waals surface area contributed by atoms with Crippen molar-refractivity contribution in [2.24, 2.45) is 0 Å². The SMILES string of the molecule is O=P([O-])([O-])F.O=P([O-])([O-])F.O=P([O-])([O-])F.[V].[V]. The van der Waals surface area contributed by atoms with Crippen LogP contribution in [0.25, 0.3) is 0 Å². The van der Waals surface area contributed by atoms with E-state index in [1.165, 1.54) is 0 Å². The maximum Gasteiger partial charge on any atom is 0.110 e. The molecule has 17 heteroatoms. The minimum Gasteiger partial charge on any atom is -0.786 e. The summed E-state index contributed by atoms with van der Waals surface area (Å²) in [5.74, 6) is 0. The van der Waals surface area contributed by atoms with Gasteiger partial charge in [-0.2, -0.15) is 0 Å². The molecule has 0 aliphatic rings. The van der Waals surface area contributed by atoms with Crippen LogP contribution in [0.3, 0.4) is 0 Å². The summed E-state index contributed by atoms with van der Waals surface area (Å²) < 4.78 is 55.7. The van der Waals surface area contributed by atoms with Gasteiger partial charge in [0.05, 0.1) is 0 Å². The number of hydrogen-bond donors (Lipinski definition) is 0. The molecule has 2 radical (unpaired) electrons. The molecule has 0 aromatic heterocycles. The third-order valence-corrected chi connectivity index (χ3v) is 0. The van der Waals surface area contributed by atoms with Crippen LogP contribution in [0.15, 0.2) is 0 Å². The van der Waals surface area contributed by atoms with Crippen LogP contribution in [-0.2, 0) is 50.8 Å². The third kappa shape index (κ3) is 2080. The molecule has 0 amide bonds. The van der Waals surface area contributed by atoms with Gasteiger partial charge in [0.25, 0.3) is 0 Å². The van der Waals surface area contributed by atoms with Crippen molar-refractivity contribution in [2.45, 2.75) is 0 Å². The Morgan fingerprint density at radius 3 is 0.529 bits per heavy atom. The quantitative estimate of drug-likeness (QED) is 0.372. The van der Waals surface area contributed by atoms with E-state index >= 15 is 0 Å². The molecule has 0 N–H and O–H groups in total. The maximum atomic E-state index is 10.1. The summed E-state index contributed by atoms with van der Waals surface area (Å²) in [5.41, 5.74) is 0. The molecule has 17 heavy (non-hydrogen) atoms. The predicted molar refractivity (Wildman–Crippen MR) is 26.1 cm³/mol. The molecular formula is F3O9P3V2-6. The molecule has 0 unspecified atom stereocenters. The minimum absolute atomic E-state index is 0. The number of halogens is 3. The Balaban J connectivity index is -0.0000000400. The van der Waals surface area contributed by atoms with E-state index in [-0.39, 0.29) is 37.1 Å². The molecule has 0 aromatic rings. The van der Waals surface area contributed by atoms with Gasteiger partial charge < -0.3 is 43.1 Å². The number of hydrogen-bond acceptors (Lipinski definition) is 9. The fraction of sp³-hybridized carbons (Fsp3) is 0. The van der Waals surface area contributed by atoms with Gasteiger partial charge in [-0.05, 0) is 0 Å². The molecular weight excluding hydrogens is 396 g/mol. The van der Waals surface area contributed by atoms with Gasteiger partial charge in [0.15, 0.2) is 0 Å². The topological polar surface area (TPSA) is 190 Å². The summed E-state index contributed by atoms with van der Waals surface area (Å²) in [7, 11) is -16.9. The molecule has 0 aliphatic heterocycles. The van der Waals surface area contributed by atoms with Crippen molar-refractivity contribution < 1.29 is 92.8 Å². The molecule has 0 fully saturated rings.